The van der Waals surface area contributed by atoms with Crippen LogP contribution in [0, 0.1) is 0 Å². The molecule has 1 aliphatic carbocycles. The fraction of sp³-hybridized carbons (Fsp3) is 0.556. The van der Waals surface area contributed by atoms with Gasteiger partial charge in [0.25, 0.3) is 5.91 Å². The number of carbonyl (C=O) groups excluding carboxylic acids is 2. The first-order chi connectivity index (χ1) is 11.7. The molecule has 0 unspecified atom stereocenters. The minimum absolute atomic E-state index is 0.0602. The maximum Gasteiger partial charge on any atom is 0.407 e. The minimum atomic E-state index is -0.507. The van der Waals surface area contributed by atoms with Gasteiger partial charge in [0.15, 0.2) is 0 Å². The van der Waals surface area contributed by atoms with Crippen LogP contribution < -0.4 is 22.1 Å². The maximum atomic E-state index is 12.4. The lowest BCUT2D eigenvalue weighted by molar-refractivity contribution is 0.0488. The quantitative estimate of drug-likeness (QED) is 0.625. The second kappa shape index (κ2) is 7.63. The van der Waals surface area contributed by atoms with E-state index in [2.05, 4.69) is 10.6 Å². The van der Waals surface area contributed by atoms with Crippen molar-refractivity contribution in [2.75, 3.05) is 11.5 Å². The monoisotopic (exact) mass is 348 g/mol. The van der Waals surface area contributed by atoms with Gasteiger partial charge in [0, 0.05) is 12.1 Å². The number of benzene rings is 1. The van der Waals surface area contributed by atoms with Gasteiger partial charge in [0.2, 0.25) is 0 Å². The average molecular weight is 348 g/mol. The Kier molecular flexibility index (Phi) is 5.77. The summed E-state index contributed by atoms with van der Waals surface area (Å²) in [5.74, 6) is -0.214. The van der Waals surface area contributed by atoms with E-state index in [9.17, 15) is 9.59 Å². The summed E-state index contributed by atoms with van der Waals surface area (Å²) in [6.45, 7) is 5.50. The number of para-hydroxylation sites is 1. The minimum Gasteiger partial charge on any atom is -0.444 e. The summed E-state index contributed by atoms with van der Waals surface area (Å²) in [4.78, 5) is 24.2. The summed E-state index contributed by atoms with van der Waals surface area (Å²) in [6.07, 6.45) is 2.75. The van der Waals surface area contributed by atoms with Crippen molar-refractivity contribution in [2.24, 2.45) is 0 Å². The molecule has 1 aromatic carbocycles. The topological polar surface area (TPSA) is 119 Å². The number of amides is 2. The average Bonchev–Trinajstić information content (AvgIpc) is 2.50. The zero-order chi connectivity index (χ0) is 18.6. The van der Waals surface area contributed by atoms with Gasteiger partial charge in [0.05, 0.1) is 16.9 Å². The van der Waals surface area contributed by atoms with E-state index in [1.165, 1.54) is 0 Å². The summed E-state index contributed by atoms with van der Waals surface area (Å²) in [6, 6.07) is 5.17. The van der Waals surface area contributed by atoms with Crippen LogP contribution in [0.2, 0.25) is 0 Å². The second-order valence-electron chi connectivity index (χ2n) is 7.48. The Hall–Kier alpha value is -2.44. The number of anilines is 2. The van der Waals surface area contributed by atoms with E-state index in [0.717, 1.165) is 25.7 Å². The van der Waals surface area contributed by atoms with Gasteiger partial charge in [-0.15, -0.1) is 0 Å². The molecule has 0 heterocycles. The fourth-order valence-electron chi connectivity index (χ4n) is 2.90. The van der Waals surface area contributed by atoms with Crippen molar-refractivity contribution in [3.8, 4) is 0 Å². The highest BCUT2D eigenvalue weighted by Gasteiger charge is 2.26. The first kappa shape index (κ1) is 18.9. The van der Waals surface area contributed by atoms with E-state index in [1.54, 1.807) is 18.2 Å². The van der Waals surface area contributed by atoms with Gasteiger partial charge in [0.1, 0.15) is 5.60 Å². The van der Waals surface area contributed by atoms with Crippen LogP contribution in [0.5, 0.6) is 0 Å². The molecular weight excluding hydrogens is 320 g/mol. The summed E-state index contributed by atoms with van der Waals surface area (Å²) in [7, 11) is 0. The summed E-state index contributed by atoms with van der Waals surface area (Å²) >= 11 is 0. The maximum absolute atomic E-state index is 12.4. The standard InChI is InChI=1S/C18H28N4O3/c1-18(2,3)25-17(24)22-12-9-7-11(8-10-12)21-16(23)13-5-4-6-14(19)15(13)20/h4-6,11-12H,7-10,19-20H2,1-3H3,(H,21,23)(H,22,24)/t11-,12-. The molecule has 0 bridgehead atoms. The molecule has 1 fully saturated rings. The number of nitrogen functional groups attached to an aromatic ring is 2. The highest BCUT2D eigenvalue weighted by molar-refractivity contribution is 6.01. The fourth-order valence-corrected chi connectivity index (χ4v) is 2.90. The smallest absolute Gasteiger partial charge is 0.407 e. The Morgan fingerprint density at radius 1 is 1.04 bits per heavy atom. The molecule has 2 amide bonds. The van der Waals surface area contributed by atoms with Crippen LogP contribution in [-0.2, 0) is 4.74 Å². The van der Waals surface area contributed by atoms with Crippen molar-refractivity contribution >= 4 is 23.4 Å². The first-order valence-corrected chi connectivity index (χ1v) is 8.60. The molecule has 7 nitrogen and oxygen atoms in total. The van der Waals surface area contributed by atoms with Crippen molar-refractivity contribution in [1.82, 2.24) is 10.6 Å². The molecule has 0 spiro atoms. The van der Waals surface area contributed by atoms with E-state index in [1.807, 2.05) is 20.8 Å². The zero-order valence-electron chi connectivity index (χ0n) is 15.1. The highest BCUT2D eigenvalue weighted by Crippen LogP contribution is 2.22. The van der Waals surface area contributed by atoms with E-state index < -0.39 is 11.7 Å². The van der Waals surface area contributed by atoms with Gasteiger partial charge >= 0.3 is 6.09 Å². The molecule has 2 rings (SSSR count). The Balaban J connectivity index is 1.81. The summed E-state index contributed by atoms with van der Waals surface area (Å²) < 4.78 is 5.27. The normalized spacial score (nSPS) is 20.6. The van der Waals surface area contributed by atoms with Crippen molar-refractivity contribution in [3.63, 3.8) is 0 Å². The SMILES string of the molecule is CC(C)(C)OC(=O)N[C@H]1CC[C@H](NC(=O)c2cccc(N)c2N)CC1. The number of carbonyl (C=O) groups is 2. The van der Waals surface area contributed by atoms with E-state index in [0.29, 0.717) is 16.9 Å². The third-order valence-electron chi connectivity index (χ3n) is 4.17. The van der Waals surface area contributed by atoms with Crippen LogP contribution in [0.15, 0.2) is 18.2 Å². The van der Waals surface area contributed by atoms with Gasteiger partial charge < -0.3 is 26.8 Å². The Morgan fingerprint density at radius 3 is 2.16 bits per heavy atom. The molecule has 138 valence electrons. The molecule has 0 atom stereocenters. The van der Waals surface area contributed by atoms with Crippen LogP contribution >= 0.6 is 0 Å². The number of rotatable bonds is 3. The molecule has 25 heavy (non-hydrogen) atoms. The predicted octanol–water partition coefficient (Wildman–Crippen LogP) is 2.42. The van der Waals surface area contributed by atoms with E-state index in [4.69, 9.17) is 16.2 Å². The predicted molar refractivity (Wildman–Crippen MR) is 98.1 cm³/mol. The Bertz CT molecular complexity index is 632. The largest absolute Gasteiger partial charge is 0.444 e. The van der Waals surface area contributed by atoms with Gasteiger partial charge in [-0.05, 0) is 58.6 Å². The number of ether oxygens (including phenoxy) is 1. The second-order valence-corrected chi connectivity index (χ2v) is 7.48. The number of hydrogen-bond donors (Lipinski definition) is 4. The highest BCUT2D eigenvalue weighted by atomic mass is 16.6. The molecule has 6 N–H and O–H groups in total. The van der Waals surface area contributed by atoms with Crippen molar-refractivity contribution in [2.45, 2.75) is 64.1 Å². The summed E-state index contributed by atoms with van der Waals surface area (Å²) in [5.41, 5.74) is 12.2. The molecule has 0 radical (unpaired) electrons. The van der Waals surface area contributed by atoms with Crippen LogP contribution in [0.1, 0.15) is 56.8 Å². The Labute approximate surface area is 148 Å². The van der Waals surface area contributed by atoms with Crippen molar-refractivity contribution < 1.29 is 14.3 Å². The van der Waals surface area contributed by atoms with Gasteiger partial charge in [-0.2, -0.15) is 0 Å². The first-order valence-electron chi connectivity index (χ1n) is 8.60. The van der Waals surface area contributed by atoms with Crippen LogP contribution in [0.3, 0.4) is 0 Å². The molecule has 1 aliphatic rings. The number of nitrogens with one attached hydrogen (secondary N) is 2. The number of hydrogen-bond acceptors (Lipinski definition) is 5. The molecule has 1 aromatic rings. The Morgan fingerprint density at radius 2 is 1.60 bits per heavy atom. The van der Waals surface area contributed by atoms with Crippen LogP contribution in [-0.4, -0.2) is 29.7 Å². The third-order valence-corrected chi connectivity index (χ3v) is 4.17. The lowest BCUT2D eigenvalue weighted by atomic mass is 9.91. The molecule has 7 heteroatoms. The van der Waals surface area contributed by atoms with E-state index in [-0.39, 0.29) is 18.0 Å². The number of alkyl carbamates (subject to hydrolysis) is 1. The van der Waals surface area contributed by atoms with Crippen molar-refractivity contribution in [1.29, 1.82) is 0 Å². The molecule has 0 aliphatic heterocycles. The number of nitrogens with two attached hydrogens (primary N) is 2. The van der Waals surface area contributed by atoms with Gasteiger partial charge in [-0.1, -0.05) is 6.07 Å². The van der Waals surface area contributed by atoms with Crippen LogP contribution in [0.4, 0.5) is 16.2 Å². The summed E-state index contributed by atoms with van der Waals surface area (Å²) in [5, 5.41) is 5.88. The van der Waals surface area contributed by atoms with E-state index >= 15 is 0 Å². The molecule has 0 aromatic heterocycles. The lowest BCUT2D eigenvalue weighted by Crippen LogP contribution is -2.45. The third kappa shape index (κ3) is 5.55. The van der Waals surface area contributed by atoms with Gasteiger partial charge in [-0.3, -0.25) is 4.79 Å². The van der Waals surface area contributed by atoms with Crippen LogP contribution in [0.25, 0.3) is 0 Å². The zero-order valence-corrected chi connectivity index (χ0v) is 15.1. The lowest BCUT2D eigenvalue weighted by Gasteiger charge is -2.30. The van der Waals surface area contributed by atoms with Crippen molar-refractivity contribution in [3.05, 3.63) is 23.8 Å². The molecule has 0 saturated heterocycles. The molecule has 1 saturated carbocycles. The molecular formula is C18H28N4O3. The van der Waals surface area contributed by atoms with Gasteiger partial charge in [-0.25, -0.2) is 4.79 Å².